The van der Waals surface area contributed by atoms with Gasteiger partial charge >= 0.3 is 0 Å². The van der Waals surface area contributed by atoms with Gasteiger partial charge in [0.25, 0.3) is 0 Å². The van der Waals surface area contributed by atoms with Crippen molar-refractivity contribution in [1.29, 1.82) is 0 Å². The van der Waals surface area contributed by atoms with Gasteiger partial charge in [-0.05, 0) is 5.39 Å². The molecule has 0 amide bonds. The molecule has 0 fully saturated rings. The number of H-pyrrole nitrogens is 1. The minimum absolute atomic E-state index is 1.02. The molecule has 54 valence electrons. The molecular formula is C9H7NS. The van der Waals surface area contributed by atoms with E-state index in [1.54, 1.807) is 5.37 Å². The van der Waals surface area contributed by atoms with E-state index >= 15 is 0 Å². The Kier molecular flexibility index (Phi) is 1.47. The van der Waals surface area contributed by atoms with E-state index in [9.17, 15) is 0 Å². The number of benzene rings is 1. The molecular weight excluding hydrogens is 154 g/mol. The fourth-order valence-corrected chi connectivity index (χ4v) is 1.39. The highest BCUT2D eigenvalue weighted by Gasteiger charge is 1.96. The van der Waals surface area contributed by atoms with Crippen molar-refractivity contribution in [2.45, 2.75) is 0 Å². The lowest BCUT2D eigenvalue weighted by molar-refractivity contribution is 1.41. The highest BCUT2D eigenvalue weighted by molar-refractivity contribution is 7.79. The fraction of sp³-hybridized carbons (Fsp3) is 0. The molecule has 0 aliphatic heterocycles. The molecule has 0 bridgehead atoms. The van der Waals surface area contributed by atoms with E-state index in [-0.39, 0.29) is 0 Å². The van der Waals surface area contributed by atoms with Crippen molar-refractivity contribution < 1.29 is 0 Å². The number of nitrogens with one attached hydrogen (secondary N) is 1. The quantitative estimate of drug-likeness (QED) is 0.635. The third-order valence-electron chi connectivity index (χ3n) is 1.75. The van der Waals surface area contributed by atoms with Gasteiger partial charge in [-0.15, -0.1) is 0 Å². The van der Waals surface area contributed by atoms with Gasteiger partial charge < -0.3 is 4.98 Å². The van der Waals surface area contributed by atoms with Crippen LogP contribution in [0.25, 0.3) is 10.8 Å². The highest BCUT2D eigenvalue weighted by Crippen LogP contribution is 2.15. The molecule has 1 aromatic heterocycles. The van der Waals surface area contributed by atoms with Crippen molar-refractivity contribution in [1.82, 2.24) is 4.98 Å². The molecule has 11 heavy (non-hydrogen) atoms. The first-order chi connectivity index (χ1) is 5.42. The number of fused-ring (bicyclic) bond motifs is 1. The smallest absolute Gasteiger partial charge is 0.0569 e. The molecule has 0 unspecified atom stereocenters. The second-order valence-electron chi connectivity index (χ2n) is 2.41. The molecule has 1 aromatic carbocycles. The van der Waals surface area contributed by atoms with Gasteiger partial charge in [-0.25, -0.2) is 0 Å². The molecule has 2 heteroatoms. The molecule has 1 heterocycles. The zero-order valence-electron chi connectivity index (χ0n) is 5.87. The molecule has 0 saturated heterocycles. The van der Waals surface area contributed by atoms with Crippen molar-refractivity contribution in [3.63, 3.8) is 0 Å². The predicted molar refractivity (Wildman–Crippen MR) is 51.1 cm³/mol. The average Bonchev–Trinajstić information content (AvgIpc) is 2.47. The third-order valence-corrected chi connectivity index (χ3v) is 1.99. The number of rotatable bonds is 1. The molecule has 1 nitrogen and oxygen atoms in total. The van der Waals surface area contributed by atoms with Gasteiger partial charge in [0.05, 0.1) is 5.69 Å². The van der Waals surface area contributed by atoms with Crippen LogP contribution in [0.5, 0.6) is 0 Å². The van der Waals surface area contributed by atoms with E-state index in [1.165, 1.54) is 10.8 Å². The van der Waals surface area contributed by atoms with Crippen LogP contribution in [-0.4, -0.2) is 10.4 Å². The first-order valence-electron chi connectivity index (χ1n) is 3.43. The lowest BCUT2D eigenvalue weighted by Gasteiger charge is -1.87. The maximum atomic E-state index is 4.84. The zero-order chi connectivity index (χ0) is 7.68. The SMILES string of the molecule is S=Cc1[nH]cc2ccccc12. The summed E-state index contributed by atoms with van der Waals surface area (Å²) in [6, 6.07) is 8.15. The van der Waals surface area contributed by atoms with Gasteiger partial charge in [0.2, 0.25) is 0 Å². The average molecular weight is 161 g/mol. The third kappa shape index (κ3) is 0.955. The maximum Gasteiger partial charge on any atom is 0.0569 e. The van der Waals surface area contributed by atoms with Crippen LogP contribution in [0.2, 0.25) is 0 Å². The van der Waals surface area contributed by atoms with E-state index in [0.717, 1.165) is 5.69 Å². The summed E-state index contributed by atoms with van der Waals surface area (Å²) in [5.41, 5.74) is 1.02. The first-order valence-corrected chi connectivity index (χ1v) is 3.90. The summed E-state index contributed by atoms with van der Waals surface area (Å²) in [7, 11) is 0. The van der Waals surface area contributed by atoms with Crippen LogP contribution >= 0.6 is 12.2 Å². The second kappa shape index (κ2) is 2.47. The monoisotopic (exact) mass is 161 g/mol. The van der Waals surface area contributed by atoms with Crippen LogP contribution in [-0.2, 0) is 0 Å². The topological polar surface area (TPSA) is 15.8 Å². The molecule has 2 rings (SSSR count). The predicted octanol–water partition coefficient (Wildman–Crippen LogP) is 2.52. The summed E-state index contributed by atoms with van der Waals surface area (Å²) in [5.74, 6) is 0. The van der Waals surface area contributed by atoms with E-state index in [1.807, 2.05) is 18.3 Å². The molecule has 2 aromatic rings. The summed E-state index contributed by atoms with van der Waals surface area (Å²) < 4.78 is 0. The zero-order valence-corrected chi connectivity index (χ0v) is 6.69. The Labute approximate surface area is 70.0 Å². The van der Waals surface area contributed by atoms with Crippen molar-refractivity contribution >= 4 is 28.4 Å². The number of aromatic nitrogens is 1. The number of thiocarbonyl (C=S) groups is 1. The summed E-state index contributed by atoms with van der Waals surface area (Å²) in [6.45, 7) is 0. The Bertz CT molecular complexity index is 389. The van der Waals surface area contributed by atoms with Crippen LogP contribution < -0.4 is 0 Å². The molecule has 1 N–H and O–H groups in total. The Morgan fingerprint density at radius 1 is 1.27 bits per heavy atom. The molecule has 0 radical (unpaired) electrons. The summed E-state index contributed by atoms with van der Waals surface area (Å²) in [5, 5.41) is 4.08. The fourth-order valence-electron chi connectivity index (χ4n) is 1.20. The van der Waals surface area contributed by atoms with Crippen LogP contribution in [0.1, 0.15) is 5.69 Å². The van der Waals surface area contributed by atoms with Crippen LogP contribution in [0.3, 0.4) is 0 Å². The van der Waals surface area contributed by atoms with Gasteiger partial charge in [0.1, 0.15) is 0 Å². The number of hydrogen-bond acceptors (Lipinski definition) is 1. The maximum absolute atomic E-state index is 4.84. The van der Waals surface area contributed by atoms with E-state index in [2.05, 4.69) is 17.1 Å². The normalized spacial score (nSPS) is 10.2. The second-order valence-corrected chi connectivity index (χ2v) is 2.64. The van der Waals surface area contributed by atoms with E-state index < -0.39 is 0 Å². The Hall–Kier alpha value is -1.15. The summed E-state index contributed by atoms with van der Waals surface area (Å²) >= 11 is 4.84. The van der Waals surface area contributed by atoms with Crippen molar-refractivity contribution in [2.75, 3.05) is 0 Å². The van der Waals surface area contributed by atoms with Crippen molar-refractivity contribution in [3.05, 3.63) is 36.2 Å². The minimum atomic E-state index is 1.02. The molecule has 0 aliphatic rings. The Balaban J connectivity index is 2.86. The minimum Gasteiger partial charge on any atom is -0.360 e. The molecule has 0 spiro atoms. The van der Waals surface area contributed by atoms with E-state index in [0.29, 0.717) is 0 Å². The van der Waals surface area contributed by atoms with Gasteiger partial charge in [-0.3, -0.25) is 0 Å². The van der Waals surface area contributed by atoms with E-state index in [4.69, 9.17) is 12.2 Å². The largest absolute Gasteiger partial charge is 0.360 e. The molecule has 0 aliphatic carbocycles. The lowest BCUT2D eigenvalue weighted by atomic mass is 10.2. The van der Waals surface area contributed by atoms with Crippen molar-refractivity contribution in [3.8, 4) is 0 Å². The molecule has 0 saturated carbocycles. The van der Waals surface area contributed by atoms with Crippen LogP contribution in [0, 0.1) is 0 Å². The number of aromatic amines is 1. The molecule has 0 atom stereocenters. The first kappa shape index (κ1) is 6.55. The van der Waals surface area contributed by atoms with Gasteiger partial charge in [0.15, 0.2) is 0 Å². The van der Waals surface area contributed by atoms with Crippen LogP contribution in [0.15, 0.2) is 30.5 Å². The number of hydrogen-bond donors (Lipinski definition) is 1. The highest BCUT2D eigenvalue weighted by atomic mass is 32.1. The van der Waals surface area contributed by atoms with Crippen molar-refractivity contribution in [2.24, 2.45) is 0 Å². The van der Waals surface area contributed by atoms with Gasteiger partial charge in [-0.1, -0.05) is 36.5 Å². The Morgan fingerprint density at radius 2 is 2.09 bits per heavy atom. The van der Waals surface area contributed by atoms with Crippen LogP contribution in [0.4, 0.5) is 0 Å². The lowest BCUT2D eigenvalue weighted by Crippen LogP contribution is -1.75. The summed E-state index contributed by atoms with van der Waals surface area (Å²) in [4.78, 5) is 3.10. The standard InChI is InChI=1S/C9H7NS/c11-6-9-8-4-2-1-3-7(8)5-10-9/h1-6,10H. The summed E-state index contributed by atoms with van der Waals surface area (Å²) in [6.07, 6.45) is 1.97. The Morgan fingerprint density at radius 3 is 2.91 bits per heavy atom. The van der Waals surface area contributed by atoms with Gasteiger partial charge in [-0.2, -0.15) is 0 Å². The van der Waals surface area contributed by atoms with Gasteiger partial charge in [0, 0.05) is 17.0 Å².